The fourth-order valence-electron chi connectivity index (χ4n) is 9.09. The monoisotopic (exact) mass is 680 g/mol. The Morgan fingerprint density at radius 3 is 1.61 bits per heavy atom. The van der Waals surface area contributed by atoms with Crippen LogP contribution in [0.15, 0.2) is 119 Å². The molecule has 0 N–H and O–H groups in total. The molecule has 7 heteroatoms. The number of rotatable bonds is 2. The van der Waals surface area contributed by atoms with Crippen molar-refractivity contribution in [1.29, 1.82) is 0 Å². The number of hydrogen-bond donors (Lipinski definition) is 0. The number of fused-ring (bicyclic) bond motifs is 9. The minimum Gasteiger partial charge on any atom is -0.456 e. The van der Waals surface area contributed by atoms with Gasteiger partial charge >= 0.3 is 11.6 Å². The van der Waals surface area contributed by atoms with Gasteiger partial charge in [0.15, 0.2) is 0 Å². The molecule has 4 heterocycles. The lowest BCUT2D eigenvalue weighted by atomic mass is 9.71. The molecule has 51 heavy (non-hydrogen) atoms. The lowest BCUT2D eigenvalue weighted by Gasteiger charge is -2.42. The molecule has 0 saturated heterocycles. The number of benzene rings is 4. The topological polar surface area (TPSA) is 64.6 Å². The first-order valence-corrected chi connectivity index (χ1v) is 17.9. The number of para-hydroxylation sites is 1. The van der Waals surface area contributed by atoms with Gasteiger partial charge in [-0.2, -0.15) is 0 Å². The second kappa shape index (κ2) is 10.4. The van der Waals surface area contributed by atoms with E-state index in [1.54, 1.807) is 0 Å². The summed E-state index contributed by atoms with van der Waals surface area (Å²) in [6.07, 6.45) is 2.33. The summed E-state index contributed by atoms with van der Waals surface area (Å²) in [5.74, 6) is 3.65. The number of allylic oxidation sites excluding steroid dienone is 6. The van der Waals surface area contributed by atoms with Crippen molar-refractivity contribution in [3.05, 3.63) is 153 Å². The summed E-state index contributed by atoms with van der Waals surface area (Å²) in [7, 11) is 0. The summed E-state index contributed by atoms with van der Waals surface area (Å²) in [5.41, 5.74) is 8.42. The maximum atomic E-state index is 6.65. The molecule has 1 fully saturated rings. The molecule has 6 aliphatic rings. The van der Waals surface area contributed by atoms with Gasteiger partial charge in [-0.25, -0.2) is 0 Å². The molecule has 4 aromatic rings. The van der Waals surface area contributed by atoms with Gasteiger partial charge in [-0.15, -0.1) is 0 Å². The van der Waals surface area contributed by atoms with Crippen LogP contribution in [-0.2, 0) is 40.0 Å². The standard InChI is InChI=1S/C44H40O7/c1-24-25(2)47-42(46-24)22-32(30-15-17-35-34-11-7-8-12-36(34)43(39(35)20-30)48-26(3)27(4)49-43)19-33(23-42)31-16-18-38-41(21-31)45-40-14-10-9-13-37(40)44(38)50-28(5)29(6)51-44/h7-18,20-21,32-33H,19,22-23H2,1-6H3. The largest absolute Gasteiger partial charge is 0.456 e. The molecule has 258 valence electrons. The maximum absolute atomic E-state index is 6.65. The van der Waals surface area contributed by atoms with Crippen LogP contribution in [0.4, 0.5) is 0 Å². The van der Waals surface area contributed by atoms with Crippen molar-refractivity contribution in [2.75, 3.05) is 0 Å². The Morgan fingerprint density at radius 2 is 0.941 bits per heavy atom. The van der Waals surface area contributed by atoms with Gasteiger partial charge in [0, 0.05) is 24.0 Å². The minimum absolute atomic E-state index is 0.112. The average molecular weight is 681 g/mol. The third kappa shape index (κ3) is 4.24. The normalized spacial score (nSPS) is 23.8. The van der Waals surface area contributed by atoms with E-state index in [4.69, 9.17) is 33.2 Å². The van der Waals surface area contributed by atoms with E-state index < -0.39 is 17.4 Å². The molecule has 1 saturated carbocycles. The lowest BCUT2D eigenvalue weighted by Crippen LogP contribution is -2.39. The van der Waals surface area contributed by atoms with Gasteiger partial charge in [-0.3, -0.25) is 0 Å². The highest BCUT2D eigenvalue weighted by Crippen LogP contribution is 2.59. The van der Waals surface area contributed by atoms with Crippen LogP contribution in [0.1, 0.15) is 106 Å². The van der Waals surface area contributed by atoms with E-state index in [1.807, 2.05) is 65.8 Å². The van der Waals surface area contributed by atoms with Crippen LogP contribution in [-0.4, -0.2) is 5.79 Å². The molecule has 2 aliphatic carbocycles. The molecule has 4 aromatic carbocycles. The Hall–Kier alpha value is -5.30. The number of hydrogen-bond acceptors (Lipinski definition) is 7. The highest BCUT2D eigenvalue weighted by molar-refractivity contribution is 5.80. The molecule has 10 rings (SSSR count). The van der Waals surface area contributed by atoms with Crippen molar-refractivity contribution in [3.63, 3.8) is 0 Å². The van der Waals surface area contributed by atoms with Crippen LogP contribution in [0.5, 0.6) is 11.5 Å². The zero-order valence-corrected chi connectivity index (χ0v) is 29.7. The molecule has 7 nitrogen and oxygen atoms in total. The maximum Gasteiger partial charge on any atom is 0.312 e. The molecule has 0 radical (unpaired) electrons. The second-order valence-corrected chi connectivity index (χ2v) is 14.8. The predicted octanol–water partition coefficient (Wildman–Crippen LogP) is 10.8. The van der Waals surface area contributed by atoms with E-state index in [1.165, 1.54) is 5.56 Å². The van der Waals surface area contributed by atoms with Gasteiger partial charge in [-0.1, -0.05) is 54.6 Å². The summed E-state index contributed by atoms with van der Waals surface area (Å²) in [4.78, 5) is 0. The zero-order chi connectivity index (χ0) is 34.9. The van der Waals surface area contributed by atoms with Gasteiger partial charge < -0.3 is 33.2 Å². The van der Waals surface area contributed by atoms with Crippen LogP contribution >= 0.6 is 0 Å². The summed E-state index contributed by atoms with van der Waals surface area (Å²) >= 11 is 0. The summed E-state index contributed by atoms with van der Waals surface area (Å²) in [5, 5.41) is 0. The molecule has 3 spiro atoms. The molecular formula is C44H40O7. The highest BCUT2D eigenvalue weighted by Gasteiger charge is 2.54. The second-order valence-electron chi connectivity index (χ2n) is 14.8. The van der Waals surface area contributed by atoms with E-state index >= 15 is 0 Å². The van der Waals surface area contributed by atoms with Crippen molar-refractivity contribution < 1.29 is 33.2 Å². The Morgan fingerprint density at radius 1 is 0.451 bits per heavy atom. The highest BCUT2D eigenvalue weighted by atomic mass is 16.7. The van der Waals surface area contributed by atoms with Gasteiger partial charge in [0.2, 0.25) is 0 Å². The summed E-state index contributed by atoms with van der Waals surface area (Å²) in [6.45, 7) is 11.8. The Kier molecular flexibility index (Phi) is 6.21. The van der Waals surface area contributed by atoms with Crippen molar-refractivity contribution in [2.24, 2.45) is 0 Å². The third-order valence-corrected chi connectivity index (χ3v) is 11.8. The third-order valence-electron chi connectivity index (χ3n) is 11.8. The van der Waals surface area contributed by atoms with E-state index in [2.05, 4.69) is 60.7 Å². The van der Waals surface area contributed by atoms with Gasteiger partial charge in [-0.05, 0) is 112 Å². The van der Waals surface area contributed by atoms with Crippen molar-refractivity contribution >= 4 is 0 Å². The van der Waals surface area contributed by atoms with Gasteiger partial charge in [0.05, 0.1) is 11.1 Å². The van der Waals surface area contributed by atoms with Crippen LogP contribution in [0.2, 0.25) is 0 Å². The van der Waals surface area contributed by atoms with E-state index in [9.17, 15) is 0 Å². The van der Waals surface area contributed by atoms with Gasteiger partial charge in [0.1, 0.15) is 46.1 Å². The first kappa shape index (κ1) is 30.5. The van der Waals surface area contributed by atoms with Crippen molar-refractivity contribution in [1.82, 2.24) is 0 Å². The Labute approximate surface area is 298 Å². The first-order valence-electron chi connectivity index (χ1n) is 17.9. The molecule has 0 aromatic heterocycles. The molecule has 0 bridgehead atoms. The van der Waals surface area contributed by atoms with Crippen LogP contribution in [0.3, 0.4) is 0 Å². The van der Waals surface area contributed by atoms with E-state index in [-0.39, 0.29) is 11.8 Å². The van der Waals surface area contributed by atoms with Gasteiger partial charge in [0.25, 0.3) is 5.79 Å². The Bertz CT molecular complexity index is 2230. The molecular weight excluding hydrogens is 640 g/mol. The minimum atomic E-state index is -1.09. The summed E-state index contributed by atoms with van der Waals surface area (Å²) < 4.78 is 46.2. The Balaban J connectivity index is 1.05. The smallest absolute Gasteiger partial charge is 0.312 e. The predicted molar refractivity (Wildman–Crippen MR) is 190 cm³/mol. The van der Waals surface area contributed by atoms with Crippen molar-refractivity contribution in [3.8, 4) is 22.6 Å². The van der Waals surface area contributed by atoms with Crippen LogP contribution in [0.25, 0.3) is 11.1 Å². The average Bonchev–Trinajstić information content (AvgIpc) is 3.78. The number of ether oxygens (including phenoxy) is 7. The fourth-order valence-corrected chi connectivity index (χ4v) is 9.09. The first-order chi connectivity index (χ1) is 24.6. The molecule has 0 amide bonds. The SMILES string of the molecule is CC1=C(C)OC2(CC(c3ccc4c(c3)Oc3ccccc3C43OC(C)=C(C)O3)CC(c3ccc4c(c3)C3(OC(C)=C(C)O3)c3ccccc3-4)C2)O1. The van der Waals surface area contributed by atoms with Crippen LogP contribution < -0.4 is 4.74 Å². The molecule has 2 unspecified atom stereocenters. The molecule has 4 aliphatic heterocycles. The fraction of sp³-hybridized carbons (Fsp3) is 0.318. The molecule has 2 atom stereocenters. The zero-order valence-electron chi connectivity index (χ0n) is 29.7. The van der Waals surface area contributed by atoms with Crippen molar-refractivity contribution in [2.45, 2.75) is 90.0 Å². The van der Waals surface area contributed by atoms with E-state index in [0.29, 0.717) is 6.42 Å². The van der Waals surface area contributed by atoms with Crippen LogP contribution in [0, 0.1) is 0 Å². The lowest BCUT2D eigenvalue weighted by molar-refractivity contribution is -0.181. The summed E-state index contributed by atoms with van der Waals surface area (Å²) in [6, 6.07) is 29.6. The quantitative estimate of drug-likeness (QED) is 0.209. The van der Waals surface area contributed by atoms with E-state index in [0.717, 1.165) is 97.8 Å².